The summed E-state index contributed by atoms with van der Waals surface area (Å²) < 4.78 is 0. The normalized spacial score (nSPS) is 14.8. The van der Waals surface area contributed by atoms with Gasteiger partial charge in [0.15, 0.2) is 0 Å². The Morgan fingerprint density at radius 2 is 2.24 bits per heavy atom. The molecule has 108 valence electrons. The first kappa shape index (κ1) is 15.5. The smallest absolute Gasteiger partial charge is 0.0706 e. The van der Waals surface area contributed by atoms with Crippen molar-refractivity contribution in [3.05, 3.63) is 82.6 Å². The van der Waals surface area contributed by atoms with Crippen LogP contribution in [-0.2, 0) is 5.88 Å². The summed E-state index contributed by atoms with van der Waals surface area (Å²) in [5.74, 6) is 0.505. The number of allylic oxidation sites excluding steroid dienone is 4. The molecule has 2 nitrogen and oxygen atoms in total. The fourth-order valence-corrected chi connectivity index (χ4v) is 2.26. The van der Waals surface area contributed by atoms with Crippen molar-refractivity contribution in [3.63, 3.8) is 0 Å². The summed E-state index contributed by atoms with van der Waals surface area (Å²) in [6.07, 6.45) is 12.2. The predicted octanol–water partition coefficient (Wildman–Crippen LogP) is 2.77. The Balaban J connectivity index is 2.44. The molecule has 0 amide bonds. The highest BCUT2D eigenvalue weighted by Crippen LogP contribution is 2.14. The van der Waals surface area contributed by atoms with E-state index in [2.05, 4.69) is 24.8 Å². The van der Waals surface area contributed by atoms with Crippen molar-refractivity contribution in [2.75, 3.05) is 6.61 Å². The Labute approximate surface area is 129 Å². The molecule has 0 spiro atoms. The molecule has 21 heavy (non-hydrogen) atoms. The summed E-state index contributed by atoms with van der Waals surface area (Å²) in [5, 5.41) is 10.8. The average molecular weight is 300 g/mol. The van der Waals surface area contributed by atoms with Crippen molar-refractivity contribution in [2.45, 2.75) is 12.3 Å². The molecule has 0 aromatic heterocycles. The monoisotopic (exact) mass is 299 g/mol. The van der Waals surface area contributed by atoms with Crippen molar-refractivity contribution < 1.29 is 5.11 Å². The molecule has 0 bridgehead atoms. The average Bonchev–Trinajstić information content (AvgIpc) is 2.73. The Hall–Kier alpha value is -1.90. The SMILES string of the molecule is C=C/C(=C\C=C\CO)C1=CCC=c2cc(CCl)ccc2=N1. The minimum absolute atomic E-state index is 0.0227. The van der Waals surface area contributed by atoms with Crippen molar-refractivity contribution in [2.24, 2.45) is 4.99 Å². The molecule has 1 N–H and O–H groups in total. The summed E-state index contributed by atoms with van der Waals surface area (Å²) in [6, 6.07) is 6.06. The number of halogens is 1. The van der Waals surface area contributed by atoms with Crippen molar-refractivity contribution >= 4 is 17.7 Å². The van der Waals surface area contributed by atoms with Gasteiger partial charge in [-0.15, -0.1) is 11.6 Å². The number of fused-ring (bicyclic) bond motifs is 1. The van der Waals surface area contributed by atoms with Gasteiger partial charge in [-0.1, -0.05) is 49.1 Å². The summed E-state index contributed by atoms with van der Waals surface area (Å²) in [7, 11) is 0. The van der Waals surface area contributed by atoms with Crippen LogP contribution in [0.1, 0.15) is 12.0 Å². The molecular weight excluding hydrogens is 282 g/mol. The second-order valence-electron chi connectivity index (χ2n) is 4.60. The lowest BCUT2D eigenvalue weighted by Crippen LogP contribution is -2.24. The molecule has 0 radical (unpaired) electrons. The lowest BCUT2D eigenvalue weighted by molar-refractivity contribution is 0.343. The van der Waals surface area contributed by atoms with E-state index in [0.717, 1.165) is 33.8 Å². The van der Waals surface area contributed by atoms with Gasteiger partial charge in [-0.2, -0.15) is 0 Å². The summed E-state index contributed by atoms with van der Waals surface area (Å²) >= 11 is 5.87. The highest BCUT2D eigenvalue weighted by molar-refractivity contribution is 6.17. The summed E-state index contributed by atoms with van der Waals surface area (Å²) in [4.78, 5) is 4.72. The first-order valence-electron chi connectivity index (χ1n) is 6.83. The van der Waals surface area contributed by atoms with Crippen LogP contribution in [0.2, 0.25) is 0 Å². The predicted molar refractivity (Wildman–Crippen MR) is 88.5 cm³/mol. The molecule has 1 aliphatic rings. The molecule has 1 aliphatic heterocycles. The van der Waals surface area contributed by atoms with Crippen LogP contribution >= 0.6 is 11.6 Å². The number of aliphatic hydroxyl groups excluding tert-OH is 1. The minimum Gasteiger partial charge on any atom is -0.392 e. The largest absolute Gasteiger partial charge is 0.392 e. The van der Waals surface area contributed by atoms with E-state index in [-0.39, 0.29) is 6.61 Å². The third-order valence-electron chi connectivity index (χ3n) is 3.17. The number of rotatable bonds is 5. The van der Waals surface area contributed by atoms with E-state index >= 15 is 0 Å². The van der Waals surface area contributed by atoms with Gasteiger partial charge in [-0.3, -0.25) is 0 Å². The van der Waals surface area contributed by atoms with Crippen LogP contribution in [-0.4, -0.2) is 11.7 Å². The van der Waals surface area contributed by atoms with Crippen LogP contribution in [0.25, 0.3) is 6.08 Å². The van der Waals surface area contributed by atoms with E-state index in [1.165, 1.54) is 0 Å². The Bertz CT molecular complexity index is 726. The fraction of sp³-hybridized carbons (Fsp3) is 0.167. The fourth-order valence-electron chi connectivity index (χ4n) is 2.10. The highest BCUT2D eigenvalue weighted by atomic mass is 35.5. The first-order chi connectivity index (χ1) is 10.3. The second kappa shape index (κ2) is 7.77. The Kier molecular flexibility index (Phi) is 5.73. The number of nitrogens with zero attached hydrogens (tertiary/aromatic N) is 1. The van der Waals surface area contributed by atoms with E-state index in [9.17, 15) is 0 Å². The molecule has 1 heterocycles. The van der Waals surface area contributed by atoms with Crippen LogP contribution in [0.3, 0.4) is 0 Å². The molecule has 0 saturated heterocycles. The standard InChI is InChI=1S/C18H18ClNO/c1-2-15(6-3-4-11-21)17-8-5-7-16-12-14(13-19)9-10-18(16)20-17/h2-4,6-10,12,21H,1,5,11,13H2/b4-3+,15-6+. The van der Waals surface area contributed by atoms with Gasteiger partial charge in [0.05, 0.1) is 17.7 Å². The first-order valence-corrected chi connectivity index (χ1v) is 7.36. The van der Waals surface area contributed by atoms with Crippen LogP contribution in [0.4, 0.5) is 0 Å². The van der Waals surface area contributed by atoms with E-state index in [1.807, 2.05) is 18.2 Å². The Morgan fingerprint density at radius 1 is 1.38 bits per heavy atom. The zero-order chi connectivity index (χ0) is 15.1. The van der Waals surface area contributed by atoms with Gasteiger partial charge in [0, 0.05) is 5.88 Å². The number of hydrogen-bond donors (Lipinski definition) is 1. The van der Waals surface area contributed by atoms with Crippen molar-refractivity contribution in [1.29, 1.82) is 0 Å². The number of hydrogen-bond acceptors (Lipinski definition) is 2. The highest BCUT2D eigenvalue weighted by Gasteiger charge is 2.02. The van der Waals surface area contributed by atoms with E-state index in [0.29, 0.717) is 5.88 Å². The third kappa shape index (κ3) is 4.03. The molecule has 1 aromatic carbocycles. The molecule has 0 fully saturated rings. The maximum Gasteiger partial charge on any atom is 0.0706 e. The maximum atomic E-state index is 8.79. The zero-order valence-electron chi connectivity index (χ0n) is 11.8. The molecule has 1 aromatic rings. The molecule has 0 saturated carbocycles. The zero-order valence-corrected chi connectivity index (χ0v) is 12.6. The number of aliphatic hydroxyl groups is 1. The third-order valence-corrected chi connectivity index (χ3v) is 3.48. The second-order valence-corrected chi connectivity index (χ2v) is 4.87. The number of benzene rings is 1. The molecule has 2 rings (SSSR count). The molecule has 0 unspecified atom stereocenters. The lowest BCUT2D eigenvalue weighted by Gasteiger charge is -2.01. The van der Waals surface area contributed by atoms with Crippen LogP contribution in [0.5, 0.6) is 0 Å². The summed E-state index contributed by atoms with van der Waals surface area (Å²) in [5.41, 5.74) is 2.92. The number of alkyl halides is 1. The molecule has 3 heteroatoms. The van der Waals surface area contributed by atoms with Gasteiger partial charge >= 0.3 is 0 Å². The van der Waals surface area contributed by atoms with E-state index in [4.69, 9.17) is 21.7 Å². The van der Waals surface area contributed by atoms with Crippen molar-refractivity contribution in [1.82, 2.24) is 0 Å². The van der Waals surface area contributed by atoms with Crippen LogP contribution < -0.4 is 10.6 Å². The van der Waals surface area contributed by atoms with Crippen LogP contribution in [0.15, 0.2) is 71.4 Å². The van der Waals surface area contributed by atoms with E-state index in [1.54, 1.807) is 18.2 Å². The molecular formula is C18H18ClNO. The maximum absolute atomic E-state index is 8.79. The lowest BCUT2D eigenvalue weighted by atomic mass is 10.1. The van der Waals surface area contributed by atoms with E-state index < -0.39 is 0 Å². The van der Waals surface area contributed by atoms with Crippen LogP contribution in [0, 0.1) is 0 Å². The van der Waals surface area contributed by atoms with Gasteiger partial charge in [0.25, 0.3) is 0 Å². The van der Waals surface area contributed by atoms with Gasteiger partial charge in [0.2, 0.25) is 0 Å². The van der Waals surface area contributed by atoms with Crippen molar-refractivity contribution in [3.8, 4) is 0 Å². The van der Waals surface area contributed by atoms with Gasteiger partial charge < -0.3 is 5.11 Å². The minimum atomic E-state index is 0.0227. The Morgan fingerprint density at radius 3 is 2.95 bits per heavy atom. The topological polar surface area (TPSA) is 32.6 Å². The molecule has 0 aliphatic carbocycles. The van der Waals surface area contributed by atoms with Gasteiger partial charge in [-0.05, 0) is 34.9 Å². The van der Waals surface area contributed by atoms with Gasteiger partial charge in [-0.25, -0.2) is 4.99 Å². The quantitative estimate of drug-likeness (QED) is 0.658. The molecule has 0 atom stereocenters. The summed E-state index contributed by atoms with van der Waals surface area (Å²) in [6.45, 7) is 3.86. The van der Waals surface area contributed by atoms with Gasteiger partial charge in [0.1, 0.15) is 0 Å².